The van der Waals surface area contributed by atoms with Gasteiger partial charge in [0.25, 0.3) is 0 Å². The number of hydrogen-bond donors (Lipinski definition) is 1. The number of hydrogen-bond acceptors (Lipinski definition) is 3. The van der Waals surface area contributed by atoms with Gasteiger partial charge >= 0.3 is 5.97 Å². The first-order valence-corrected chi connectivity index (χ1v) is 6.04. The van der Waals surface area contributed by atoms with Crippen LogP contribution in [0.1, 0.15) is 17.5 Å². The van der Waals surface area contributed by atoms with Gasteiger partial charge in [-0.3, -0.25) is 0 Å². The van der Waals surface area contributed by atoms with Gasteiger partial charge in [0.1, 0.15) is 5.82 Å². The topological polar surface area (TPSA) is 55.8 Å². The molecule has 0 radical (unpaired) electrons. The van der Waals surface area contributed by atoms with E-state index in [-0.39, 0.29) is 6.10 Å². The first-order chi connectivity index (χ1) is 9.15. The Labute approximate surface area is 110 Å². The van der Waals surface area contributed by atoms with Gasteiger partial charge < -0.3 is 14.6 Å². The van der Waals surface area contributed by atoms with Gasteiger partial charge in [0.2, 0.25) is 0 Å². The molecule has 0 aliphatic carbocycles. The third-order valence-electron chi connectivity index (χ3n) is 2.88. The van der Waals surface area contributed by atoms with Crippen molar-refractivity contribution in [2.45, 2.75) is 19.1 Å². The lowest BCUT2D eigenvalue weighted by atomic mass is 10.1. The van der Waals surface area contributed by atoms with Crippen LogP contribution in [-0.2, 0) is 20.9 Å². The molecule has 2 rings (SSSR count). The largest absolute Gasteiger partial charge is 0.478 e. The van der Waals surface area contributed by atoms with E-state index < -0.39 is 11.8 Å². The van der Waals surface area contributed by atoms with Crippen molar-refractivity contribution < 1.29 is 23.8 Å². The predicted octanol–water partition coefficient (Wildman–Crippen LogP) is 2.23. The standard InChI is InChI=1S/C14H15FO4/c15-12-3-1-11(8-19-13-5-6-18-9-13)10(7-12)2-4-14(16)17/h1-4,7,13H,5-6,8-9H2,(H,16,17). The van der Waals surface area contributed by atoms with Crippen LogP contribution in [0.4, 0.5) is 4.39 Å². The van der Waals surface area contributed by atoms with E-state index >= 15 is 0 Å². The van der Waals surface area contributed by atoms with Gasteiger partial charge in [0, 0.05) is 12.7 Å². The highest BCUT2D eigenvalue weighted by atomic mass is 19.1. The summed E-state index contributed by atoms with van der Waals surface area (Å²) >= 11 is 0. The lowest BCUT2D eigenvalue weighted by molar-refractivity contribution is -0.131. The quantitative estimate of drug-likeness (QED) is 0.830. The van der Waals surface area contributed by atoms with E-state index in [1.54, 1.807) is 6.07 Å². The molecule has 0 spiro atoms. The lowest BCUT2D eigenvalue weighted by Crippen LogP contribution is -2.12. The van der Waals surface area contributed by atoms with E-state index in [1.807, 2.05) is 0 Å². The highest BCUT2D eigenvalue weighted by Gasteiger charge is 2.16. The maximum Gasteiger partial charge on any atom is 0.328 e. The number of halogens is 1. The summed E-state index contributed by atoms with van der Waals surface area (Å²) in [6.45, 7) is 1.58. The van der Waals surface area contributed by atoms with Crippen molar-refractivity contribution in [1.29, 1.82) is 0 Å². The number of carboxylic acid groups (broad SMARTS) is 1. The molecule has 0 amide bonds. The van der Waals surface area contributed by atoms with Crippen molar-refractivity contribution in [2.75, 3.05) is 13.2 Å². The molecule has 19 heavy (non-hydrogen) atoms. The van der Waals surface area contributed by atoms with Gasteiger partial charge in [-0.1, -0.05) is 6.07 Å². The number of benzene rings is 1. The van der Waals surface area contributed by atoms with Crippen LogP contribution in [0.3, 0.4) is 0 Å². The number of ether oxygens (including phenoxy) is 2. The molecule has 4 nitrogen and oxygen atoms in total. The maximum atomic E-state index is 13.2. The van der Waals surface area contributed by atoms with Crippen molar-refractivity contribution in [3.63, 3.8) is 0 Å². The van der Waals surface area contributed by atoms with Gasteiger partial charge in [0.05, 0.1) is 19.3 Å². The molecule has 1 aliphatic rings. The average Bonchev–Trinajstić information content (AvgIpc) is 2.88. The van der Waals surface area contributed by atoms with Gasteiger partial charge in [-0.05, 0) is 35.8 Å². The summed E-state index contributed by atoms with van der Waals surface area (Å²) in [6, 6.07) is 4.23. The van der Waals surface area contributed by atoms with Gasteiger partial charge in [0.15, 0.2) is 0 Å². The zero-order chi connectivity index (χ0) is 13.7. The molecule has 1 saturated heterocycles. The van der Waals surface area contributed by atoms with Gasteiger partial charge in [-0.25, -0.2) is 9.18 Å². The molecule has 1 aliphatic heterocycles. The zero-order valence-corrected chi connectivity index (χ0v) is 10.3. The minimum absolute atomic E-state index is 0.0568. The predicted molar refractivity (Wildman–Crippen MR) is 67.1 cm³/mol. The third kappa shape index (κ3) is 4.15. The van der Waals surface area contributed by atoms with E-state index in [4.69, 9.17) is 14.6 Å². The van der Waals surface area contributed by atoms with Crippen LogP contribution in [0.5, 0.6) is 0 Å². The highest BCUT2D eigenvalue weighted by Crippen LogP contribution is 2.17. The molecule has 1 fully saturated rings. The normalized spacial score (nSPS) is 19.1. The van der Waals surface area contributed by atoms with Crippen LogP contribution in [0.25, 0.3) is 6.08 Å². The van der Waals surface area contributed by atoms with Crippen LogP contribution < -0.4 is 0 Å². The molecule has 0 saturated carbocycles. The Balaban J connectivity index is 2.07. The Bertz CT molecular complexity index is 478. The fraction of sp³-hybridized carbons (Fsp3) is 0.357. The second kappa shape index (κ2) is 6.45. The Morgan fingerprint density at radius 1 is 1.58 bits per heavy atom. The smallest absolute Gasteiger partial charge is 0.328 e. The molecule has 5 heteroatoms. The maximum absolute atomic E-state index is 13.2. The van der Waals surface area contributed by atoms with Crippen LogP contribution in [0.15, 0.2) is 24.3 Å². The molecule has 0 aromatic heterocycles. The summed E-state index contributed by atoms with van der Waals surface area (Å²) in [5.41, 5.74) is 1.27. The van der Waals surface area contributed by atoms with E-state index in [0.29, 0.717) is 25.4 Å². The number of carbonyl (C=O) groups is 1. The van der Waals surface area contributed by atoms with Crippen molar-refractivity contribution in [1.82, 2.24) is 0 Å². The van der Waals surface area contributed by atoms with Gasteiger partial charge in [-0.15, -0.1) is 0 Å². The Kier molecular flexibility index (Phi) is 4.65. The van der Waals surface area contributed by atoms with E-state index in [1.165, 1.54) is 18.2 Å². The van der Waals surface area contributed by atoms with Crippen molar-refractivity contribution in [3.8, 4) is 0 Å². The highest BCUT2D eigenvalue weighted by molar-refractivity contribution is 5.85. The third-order valence-corrected chi connectivity index (χ3v) is 2.88. The summed E-state index contributed by atoms with van der Waals surface area (Å²) in [4.78, 5) is 10.5. The molecule has 0 bridgehead atoms. The summed E-state index contributed by atoms with van der Waals surface area (Å²) in [7, 11) is 0. The number of aliphatic carboxylic acids is 1. The second-order valence-corrected chi connectivity index (χ2v) is 4.31. The van der Waals surface area contributed by atoms with Crippen molar-refractivity contribution in [3.05, 3.63) is 41.2 Å². The minimum Gasteiger partial charge on any atom is -0.478 e. The number of carboxylic acids is 1. The monoisotopic (exact) mass is 266 g/mol. The molecule has 1 aromatic carbocycles. The van der Waals surface area contributed by atoms with Crippen LogP contribution in [0, 0.1) is 5.82 Å². The zero-order valence-electron chi connectivity index (χ0n) is 10.3. The second-order valence-electron chi connectivity index (χ2n) is 4.31. The van der Waals surface area contributed by atoms with Gasteiger partial charge in [-0.2, -0.15) is 0 Å². The Hall–Kier alpha value is -1.72. The molecular weight excluding hydrogens is 251 g/mol. The van der Waals surface area contributed by atoms with Crippen molar-refractivity contribution in [2.24, 2.45) is 0 Å². The van der Waals surface area contributed by atoms with Crippen molar-refractivity contribution >= 4 is 12.0 Å². The van der Waals surface area contributed by atoms with E-state index in [0.717, 1.165) is 18.1 Å². The molecule has 1 atom stereocenters. The Morgan fingerprint density at radius 2 is 2.42 bits per heavy atom. The van der Waals surface area contributed by atoms with Crippen LogP contribution in [0.2, 0.25) is 0 Å². The fourth-order valence-electron chi connectivity index (χ4n) is 1.87. The summed E-state index contributed by atoms with van der Waals surface area (Å²) in [5, 5.41) is 8.61. The lowest BCUT2D eigenvalue weighted by Gasteiger charge is -2.11. The summed E-state index contributed by atoms with van der Waals surface area (Å²) in [6.07, 6.45) is 3.26. The Morgan fingerprint density at radius 3 is 3.11 bits per heavy atom. The first kappa shape index (κ1) is 13.7. The summed E-state index contributed by atoms with van der Waals surface area (Å²) < 4.78 is 24.0. The fourth-order valence-corrected chi connectivity index (χ4v) is 1.87. The SMILES string of the molecule is O=C(O)C=Cc1cc(F)ccc1COC1CCOC1. The molecule has 1 N–H and O–H groups in total. The molecular formula is C14H15FO4. The average molecular weight is 266 g/mol. The molecule has 1 aromatic rings. The van der Waals surface area contributed by atoms with Crippen LogP contribution >= 0.6 is 0 Å². The summed E-state index contributed by atoms with van der Waals surface area (Å²) in [5.74, 6) is -1.47. The molecule has 1 heterocycles. The number of rotatable bonds is 5. The first-order valence-electron chi connectivity index (χ1n) is 6.04. The molecule has 102 valence electrons. The van der Waals surface area contributed by atoms with Crippen LogP contribution in [-0.4, -0.2) is 30.4 Å². The van der Waals surface area contributed by atoms with E-state index in [2.05, 4.69) is 0 Å². The van der Waals surface area contributed by atoms with E-state index in [9.17, 15) is 9.18 Å². The molecule has 1 unspecified atom stereocenters. The minimum atomic E-state index is -1.07.